The average Bonchev–Trinajstić information content (AvgIpc) is 3.23. The molecule has 1 aliphatic rings. The second kappa shape index (κ2) is 13.0. The summed E-state index contributed by atoms with van der Waals surface area (Å²) in [6.07, 6.45) is 3.78. The van der Waals surface area contributed by atoms with Gasteiger partial charge in [0.2, 0.25) is 0 Å². The zero-order valence-corrected chi connectivity index (χ0v) is 18.7. The maximum Gasteiger partial charge on any atom is 0.423 e. The first-order valence-electron chi connectivity index (χ1n) is 10.7. The van der Waals surface area contributed by atoms with Gasteiger partial charge in [0, 0.05) is 6.20 Å². The van der Waals surface area contributed by atoms with Crippen LogP contribution in [0.15, 0.2) is 48.7 Å². The van der Waals surface area contributed by atoms with Crippen LogP contribution in [0.25, 0.3) is 5.65 Å². The van der Waals surface area contributed by atoms with Crippen LogP contribution in [0.1, 0.15) is 43.5 Å². The highest BCUT2D eigenvalue weighted by atomic mass is 19.4. The van der Waals surface area contributed by atoms with Gasteiger partial charge in [-0.2, -0.15) is 26.3 Å². The van der Waals surface area contributed by atoms with E-state index in [0.29, 0.717) is 12.8 Å². The van der Waals surface area contributed by atoms with Gasteiger partial charge in [-0.05, 0) is 31.7 Å². The first kappa shape index (κ1) is 28.0. The van der Waals surface area contributed by atoms with Gasteiger partial charge in [-0.25, -0.2) is 0 Å². The van der Waals surface area contributed by atoms with E-state index in [4.69, 9.17) is 4.74 Å². The van der Waals surface area contributed by atoms with Crippen LogP contribution in [0.5, 0.6) is 5.75 Å². The van der Waals surface area contributed by atoms with E-state index in [9.17, 15) is 26.3 Å². The number of pyridine rings is 1. The molecule has 11 heteroatoms. The molecule has 0 bridgehead atoms. The monoisotopic (exact) mass is 501 g/mol. The molecule has 0 radical (unpaired) electrons. The highest BCUT2D eigenvalue weighted by Crippen LogP contribution is 2.40. The van der Waals surface area contributed by atoms with Gasteiger partial charge in [0.05, 0.1) is 6.10 Å². The molecule has 0 amide bonds. The van der Waals surface area contributed by atoms with Gasteiger partial charge in [0.15, 0.2) is 11.5 Å². The van der Waals surface area contributed by atoms with Gasteiger partial charge >= 0.3 is 12.4 Å². The van der Waals surface area contributed by atoms with Gasteiger partial charge in [-0.3, -0.25) is 4.40 Å². The molecule has 1 fully saturated rings. The summed E-state index contributed by atoms with van der Waals surface area (Å²) in [6.45, 7) is -2.16. The predicted octanol–water partition coefficient (Wildman–Crippen LogP) is 6.47. The molecule has 0 spiro atoms. The highest BCUT2D eigenvalue weighted by Gasteiger charge is 2.39. The van der Waals surface area contributed by atoms with E-state index >= 15 is 0 Å². The van der Waals surface area contributed by atoms with Crippen molar-refractivity contribution >= 4 is 5.65 Å². The Kier molecular flexibility index (Phi) is 10.4. The van der Waals surface area contributed by atoms with Gasteiger partial charge in [0.1, 0.15) is 24.5 Å². The van der Waals surface area contributed by atoms with Crippen LogP contribution in [0, 0.1) is 12.8 Å². The maximum atomic E-state index is 13.6. The Morgan fingerprint density at radius 2 is 1.46 bits per heavy atom. The summed E-state index contributed by atoms with van der Waals surface area (Å²) in [6, 6.07) is 13.1. The second-order valence-corrected chi connectivity index (χ2v) is 7.50. The summed E-state index contributed by atoms with van der Waals surface area (Å²) in [4.78, 5) is 0. The van der Waals surface area contributed by atoms with Crippen molar-refractivity contribution in [3.63, 3.8) is 0 Å². The number of halogens is 6. The molecule has 0 atom stereocenters. The van der Waals surface area contributed by atoms with E-state index in [-0.39, 0.29) is 17.7 Å². The van der Waals surface area contributed by atoms with Crippen molar-refractivity contribution in [2.45, 2.75) is 57.2 Å². The molecular weight excluding hydrogens is 476 g/mol. The summed E-state index contributed by atoms with van der Waals surface area (Å²) in [5.74, 6) is -0.513. The van der Waals surface area contributed by atoms with Gasteiger partial charge in [-0.1, -0.05) is 42.8 Å². The summed E-state index contributed by atoms with van der Waals surface area (Å²) >= 11 is 0. The fraction of sp³-hybridized carbons (Fsp3) is 0.417. The molecule has 4 rings (SSSR count). The predicted molar refractivity (Wildman–Crippen MR) is 118 cm³/mol. The first-order valence-corrected chi connectivity index (χ1v) is 10.7. The van der Waals surface area contributed by atoms with Gasteiger partial charge in [-0.15, -0.1) is 23.0 Å². The Labute approximate surface area is 199 Å². The van der Waals surface area contributed by atoms with Gasteiger partial charge < -0.3 is 9.47 Å². The van der Waals surface area contributed by atoms with E-state index in [2.05, 4.69) is 27.8 Å². The lowest BCUT2D eigenvalue weighted by atomic mass is 9.98. The van der Waals surface area contributed by atoms with Crippen molar-refractivity contribution in [1.82, 2.24) is 14.6 Å². The smallest absolute Gasteiger partial charge is 0.423 e. The molecule has 0 aliphatic heterocycles. The fourth-order valence-electron chi connectivity index (χ4n) is 3.46. The third kappa shape index (κ3) is 8.79. The minimum Gasteiger partial charge on any atom is -0.490 e. The number of fused-ring (bicyclic) bond motifs is 1. The van der Waals surface area contributed by atoms with Crippen LogP contribution >= 0.6 is 0 Å². The quantitative estimate of drug-likeness (QED) is 0.297. The molecule has 1 saturated carbocycles. The molecular formula is C24H25F6N3O2. The van der Waals surface area contributed by atoms with Crippen molar-refractivity contribution in [1.29, 1.82) is 0 Å². The van der Waals surface area contributed by atoms with Crippen molar-refractivity contribution < 1.29 is 35.8 Å². The maximum absolute atomic E-state index is 13.6. The molecule has 190 valence electrons. The normalized spacial score (nSPS) is 14.4. The number of hydrogen-bond acceptors (Lipinski definition) is 4. The number of nitrogens with zero attached hydrogens (tertiary/aromatic N) is 3. The minimum atomic E-state index is -4.76. The van der Waals surface area contributed by atoms with Crippen LogP contribution in [0.3, 0.4) is 0 Å². The molecule has 35 heavy (non-hydrogen) atoms. The molecule has 5 nitrogen and oxygen atoms in total. The summed E-state index contributed by atoms with van der Waals surface area (Å²) in [7, 11) is 0. The molecule has 2 heterocycles. The summed E-state index contributed by atoms with van der Waals surface area (Å²) in [5.41, 5.74) is -1.62. The van der Waals surface area contributed by atoms with E-state index in [1.54, 1.807) is 0 Å². The minimum absolute atomic E-state index is 0.163. The second-order valence-electron chi connectivity index (χ2n) is 7.50. The van der Waals surface area contributed by atoms with E-state index < -0.39 is 36.8 Å². The molecule has 0 saturated heterocycles. The Hall–Kier alpha value is -3.26. The Morgan fingerprint density at radius 3 is 1.97 bits per heavy atom. The zero-order valence-electron chi connectivity index (χ0n) is 18.7. The van der Waals surface area contributed by atoms with Crippen molar-refractivity contribution in [3.05, 3.63) is 60.0 Å². The average molecular weight is 501 g/mol. The van der Waals surface area contributed by atoms with Crippen LogP contribution in [-0.2, 0) is 17.5 Å². The molecule has 0 N–H and O–H groups in total. The number of aromatic nitrogens is 3. The number of rotatable bonds is 5. The molecule has 2 aromatic heterocycles. The third-order valence-electron chi connectivity index (χ3n) is 4.90. The van der Waals surface area contributed by atoms with Crippen molar-refractivity contribution in [2.75, 3.05) is 6.61 Å². The lowest BCUT2D eigenvalue weighted by molar-refractivity contribution is -0.177. The van der Waals surface area contributed by atoms with E-state index in [1.807, 2.05) is 36.4 Å². The number of hydrogen-bond donors (Lipinski definition) is 0. The van der Waals surface area contributed by atoms with Crippen LogP contribution in [-0.4, -0.2) is 33.5 Å². The molecule has 3 aromatic rings. The molecule has 1 aliphatic carbocycles. The molecule has 1 aromatic carbocycles. The van der Waals surface area contributed by atoms with Crippen LogP contribution in [0.2, 0.25) is 0 Å². The van der Waals surface area contributed by atoms with Crippen LogP contribution < -0.4 is 4.74 Å². The topological polar surface area (TPSA) is 48.7 Å². The third-order valence-corrected chi connectivity index (χ3v) is 4.90. The molecule has 0 unspecified atom stereocenters. The van der Waals surface area contributed by atoms with E-state index in [0.717, 1.165) is 29.7 Å². The van der Waals surface area contributed by atoms with E-state index in [1.165, 1.54) is 6.20 Å². The zero-order chi connectivity index (χ0) is 25.9. The Balaban J connectivity index is 0.000000463. The number of terminal acetylenes is 1. The van der Waals surface area contributed by atoms with Gasteiger partial charge in [0.25, 0.3) is 0 Å². The Morgan fingerprint density at radius 1 is 0.886 bits per heavy atom. The standard InChI is InChI=1S/C16H17F6N3O2.C6H6.C2H2/c17-15(18,19)9-26-8-12-23-24-14-13(16(20,21)22)11(6-7-25(12)14)27-10-4-2-1-3-5-10;1-2-4-6-5-3-1;1-2/h6-7,10H,1-5,8-9H2;1-6H;1-2H. The van der Waals surface area contributed by atoms with Crippen LogP contribution in [0.4, 0.5) is 26.3 Å². The lowest BCUT2D eigenvalue weighted by Crippen LogP contribution is -2.22. The Bertz CT molecular complexity index is 1020. The SMILES string of the molecule is C#C.FC(F)(F)COCc1nnc2c(C(F)(F)F)c(OC3CCCCC3)ccn12.c1ccccc1. The lowest BCUT2D eigenvalue weighted by Gasteiger charge is -2.24. The summed E-state index contributed by atoms with van der Waals surface area (Å²) < 4.78 is 88.3. The fourth-order valence-corrected chi connectivity index (χ4v) is 3.46. The largest absolute Gasteiger partial charge is 0.490 e. The number of benzene rings is 1. The number of alkyl halides is 6. The van der Waals surface area contributed by atoms with Crippen molar-refractivity contribution in [3.8, 4) is 18.6 Å². The first-order chi connectivity index (χ1) is 16.6. The van der Waals surface area contributed by atoms with Crippen molar-refractivity contribution in [2.24, 2.45) is 0 Å². The number of ether oxygens (including phenoxy) is 2. The highest BCUT2D eigenvalue weighted by molar-refractivity contribution is 5.56. The summed E-state index contributed by atoms with van der Waals surface area (Å²) in [5, 5.41) is 7.05.